The third-order valence-electron chi connectivity index (χ3n) is 3.87. The van der Waals surface area contributed by atoms with E-state index in [9.17, 15) is 0 Å². The molecule has 1 saturated carbocycles. The molecule has 0 bridgehead atoms. The average molecular weight is 303 g/mol. The monoisotopic (exact) mass is 302 g/mol. The molecule has 0 N–H and O–H groups in total. The number of methoxy groups -OCH3 is 2. The molecule has 1 aromatic rings. The van der Waals surface area contributed by atoms with Gasteiger partial charge in [0.1, 0.15) is 16.5 Å². The molecule has 0 aromatic heterocycles. The molecular formula is C15H20Cl2O2. The van der Waals surface area contributed by atoms with Crippen LogP contribution in [0, 0.1) is 5.92 Å². The molecule has 19 heavy (non-hydrogen) atoms. The van der Waals surface area contributed by atoms with Gasteiger partial charge < -0.3 is 9.47 Å². The molecule has 1 fully saturated rings. The first kappa shape index (κ1) is 14.8. The molecule has 1 unspecified atom stereocenters. The van der Waals surface area contributed by atoms with Crippen LogP contribution in [0.5, 0.6) is 11.5 Å². The number of hydrogen-bond acceptors (Lipinski definition) is 2. The smallest absolute Gasteiger partial charge is 0.145 e. The van der Waals surface area contributed by atoms with Gasteiger partial charge in [0.05, 0.1) is 19.6 Å². The van der Waals surface area contributed by atoms with Crippen LogP contribution in [0.4, 0.5) is 0 Å². The van der Waals surface area contributed by atoms with Crippen molar-refractivity contribution in [1.29, 1.82) is 0 Å². The van der Waals surface area contributed by atoms with Gasteiger partial charge in [-0.05, 0) is 18.4 Å². The summed E-state index contributed by atoms with van der Waals surface area (Å²) < 4.78 is 10.6. The molecule has 1 aliphatic carbocycles. The Bertz CT molecular complexity index is 428. The molecule has 0 amide bonds. The van der Waals surface area contributed by atoms with Crippen LogP contribution in [0.2, 0.25) is 5.02 Å². The van der Waals surface area contributed by atoms with Gasteiger partial charge in [0.2, 0.25) is 0 Å². The van der Waals surface area contributed by atoms with Crippen molar-refractivity contribution < 1.29 is 9.47 Å². The number of halogens is 2. The summed E-state index contributed by atoms with van der Waals surface area (Å²) >= 11 is 12.8. The van der Waals surface area contributed by atoms with Crippen molar-refractivity contribution in [3.8, 4) is 11.5 Å². The number of hydrogen-bond donors (Lipinski definition) is 0. The van der Waals surface area contributed by atoms with Crippen LogP contribution in [0.1, 0.15) is 43.0 Å². The fourth-order valence-electron chi connectivity index (χ4n) is 2.83. The molecule has 0 heterocycles. The lowest BCUT2D eigenvalue weighted by atomic mass is 9.97. The van der Waals surface area contributed by atoms with Crippen molar-refractivity contribution in [1.82, 2.24) is 0 Å². The van der Waals surface area contributed by atoms with Crippen molar-refractivity contribution in [2.75, 3.05) is 14.2 Å². The summed E-state index contributed by atoms with van der Waals surface area (Å²) in [5.74, 6) is 1.99. The first-order valence-corrected chi connectivity index (χ1v) is 7.53. The van der Waals surface area contributed by atoms with Crippen molar-refractivity contribution in [2.45, 2.75) is 37.5 Å². The predicted molar refractivity (Wildman–Crippen MR) is 79.7 cm³/mol. The molecular weight excluding hydrogens is 283 g/mol. The van der Waals surface area contributed by atoms with E-state index in [0.717, 1.165) is 17.9 Å². The summed E-state index contributed by atoms with van der Waals surface area (Å²) in [6, 6.07) is 3.81. The van der Waals surface area contributed by atoms with Gasteiger partial charge in [0.25, 0.3) is 0 Å². The van der Waals surface area contributed by atoms with E-state index < -0.39 is 0 Å². The lowest BCUT2D eigenvalue weighted by molar-refractivity contribution is 0.388. The molecule has 4 heteroatoms. The largest absolute Gasteiger partial charge is 0.495 e. The summed E-state index contributed by atoms with van der Waals surface area (Å²) in [6.45, 7) is 0. The Morgan fingerprint density at radius 3 is 2.47 bits per heavy atom. The maximum atomic E-state index is 6.56. The van der Waals surface area contributed by atoms with Gasteiger partial charge in [-0.2, -0.15) is 0 Å². The van der Waals surface area contributed by atoms with Crippen LogP contribution in [0.3, 0.4) is 0 Å². The van der Waals surface area contributed by atoms with E-state index in [1.165, 1.54) is 25.7 Å². The average Bonchev–Trinajstić information content (AvgIpc) is 2.91. The number of ether oxygens (including phenoxy) is 2. The van der Waals surface area contributed by atoms with Crippen LogP contribution in [0.25, 0.3) is 0 Å². The van der Waals surface area contributed by atoms with Gasteiger partial charge in [-0.3, -0.25) is 0 Å². The highest BCUT2D eigenvalue weighted by Crippen LogP contribution is 2.44. The maximum Gasteiger partial charge on any atom is 0.145 e. The Kier molecular flexibility index (Phi) is 5.23. The molecule has 106 valence electrons. The van der Waals surface area contributed by atoms with E-state index in [1.54, 1.807) is 14.2 Å². The van der Waals surface area contributed by atoms with Crippen molar-refractivity contribution >= 4 is 23.2 Å². The first-order valence-electron chi connectivity index (χ1n) is 6.71. The Balaban J connectivity index is 2.20. The summed E-state index contributed by atoms with van der Waals surface area (Å²) in [6.07, 6.45) is 6.22. The van der Waals surface area contributed by atoms with E-state index in [4.69, 9.17) is 32.7 Å². The highest BCUT2D eigenvalue weighted by atomic mass is 35.5. The van der Waals surface area contributed by atoms with Crippen LogP contribution < -0.4 is 9.47 Å². The highest BCUT2D eigenvalue weighted by molar-refractivity contribution is 6.34. The Hall–Kier alpha value is -0.600. The third-order valence-corrected chi connectivity index (χ3v) is 4.64. The fourth-order valence-corrected chi connectivity index (χ4v) is 3.58. The van der Waals surface area contributed by atoms with Crippen molar-refractivity contribution in [3.63, 3.8) is 0 Å². The van der Waals surface area contributed by atoms with Crippen molar-refractivity contribution in [2.24, 2.45) is 5.92 Å². The van der Waals surface area contributed by atoms with Crippen LogP contribution in [0.15, 0.2) is 12.1 Å². The lowest BCUT2D eigenvalue weighted by Gasteiger charge is -2.19. The summed E-state index contributed by atoms with van der Waals surface area (Å²) in [5.41, 5.74) is 0.960. The summed E-state index contributed by atoms with van der Waals surface area (Å²) in [5, 5.41) is 0.445. The normalized spacial score (nSPS) is 17.5. The number of benzene rings is 1. The minimum absolute atomic E-state index is 0.0542. The topological polar surface area (TPSA) is 18.5 Å². The van der Waals surface area contributed by atoms with E-state index >= 15 is 0 Å². The number of rotatable bonds is 5. The molecule has 0 aliphatic heterocycles. The predicted octanol–water partition coefficient (Wildman–Crippen LogP) is 5.22. The minimum Gasteiger partial charge on any atom is -0.495 e. The second kappa shape index (κ2) is 6.71. The van der Waals surface area contributed by atoms with Gasteiger partial charge in [-0.15, -0.1) is 11.6 Å². The Morgan fingerprint density at radius 1 is 1.21 bits per heavy atom. The summed E-state index contributed by atoms with van der Waals surface area (Å²) in [7, 11) is 3.21. The second-order valence-corrected chi connectivity index (χ2v) is 5.96. The van der Waals surface area contributed by atoms with E-state index in [0.29, 0.717) is 16.5 Å². The van der Waals surface area contributed by atoms with Gasteiger partial charge >= 0.3 is 0 Å². The van der Waals surface area contributed by atoms with Gasteiger partial charge in [0.15, 0.2) is 0 Å². The molecule has 1 aliphatic rings. The zero-order valence-electron chi connectivity index (χ0n) is 11.4. The SMILES string of the molecule is COc1ccc(C(Cl)CC2CCCC2)c(OC)c1Cl. The Labute approximate surface area is 125 Å². The van der Waals surface area contributed by atoms with Gasteiger partial charge in [0, 0.05) is 5.56 Å². The van der Waals surface area contributed by atoms with Crippen LogP contribution in [-0.4, -0.2) is 14.2 Å². The third kappa shape index (κ3) is 3.29. The molecule has 0 spiro atoms. The molecule has 0 radical (unpaired) electrons. The van der Waals surface area contributed by atoms with Crippen molar-refractivity contribution in [3.05, 3.63) is 22.7 Å². The molecule has 2 nitrogen and oxygen atoms in total. The Morgan fingerprint density at radius 2 is 1.89 bits per heavy atom. The fraction of sp³-hybridized carbons (Fsp3) is 0.600. The quantitative estimate of drug-likeness (QED) is 0.694. The highest BCUT2D eigenvalue weighted by Gasteiger charge is 2.24. The van der Waals surface area contributed by atoms with Gasteiger partial charge in [-0.1, -0.05) is 43.4 Å². The molecule has 0 saturated heterocycles. The zero-order chi connectivity index (χ0) is 13.8. The standard InChI is InChI=1S/C15H20Cl2O2/c1-18-13-8-7-11(15(19-2)14(13)17)12(16)9-10-5-3-4-6-10/h7-8,10,12H,3-6,9H2,1-2H3. The van der Waals surface area contributed by atoms with Crippen LogP contribution in [-0.2, 0) is 0 Å². The second-order valence-electron chi connectivity index (χ2n) is 5.06. The zero-order valence-corrected chi connectivity index (χ0v) is 12.9. The lowest BCUT2D eigenvalue weighted by Crippen LogP contribution is -2.03. The molecule has 2 rings (SSSR count). The van der Waals surface area contributed by atoms with Crippen LogP contribution >= 0.6 is 23.2 Å². The molecule has 1 aromatic carbocycles. The van der Waals surface area contributed by atoms with E-state index in [-0.39, 0.29) is 5.38 Å². The maximum absolute atomic E-state index is 6.56. The van der Waals surface area contributed by atoms with E-state index in [2.05, 4.69) is 0 Å². The molecule has 1 atom stereocenters. The summed E-state index contributed by atoms with van der Waals surface area (Å²) in [4.78, 5) is 0. The number of alkyl halides is 1. The minimum atomic E-state index is -0.0542. The first-order chi connectivity index (χ1) is 9.17. The van der Waals surface area contributed by atoms with E-state index in [1.807, 2.05) is 12.1 Å². The van der Waals surface area contributed by atoms with Gasteiger partial charge in [-0.25, -0.2) is 0 Å².